The Morgan fingerprint density at radius 3 is 2.30 bits per heavy atom. The van der Waals surface area contributed by atoms with Gasteiger partial charge in [-0.2, -0.15) is 0 Å². The summed E-state index contributed by atoms with van der Waals surface area (Å²) in [6.07, 6.45) is 6.92. The first-order chi connectivity index (χ1) is 13.2. The van der Waals surface area contributed by atoms with E-state index < -0.39 is 0 Å². The van der Waals surface area contributed by atoms with Gasteiger partial charge in [-0.1, -0.05) is 12.1 Å². The molecule has 138 valence electrons. The number of hydrogen-bond donors (Lipinski definition) is 1. The van der Waals surface area contributed by atoms with Crippen molar-refractivity contribution in [3.05, 3.63) is 78.1 Å². The second-order valence-corrected chi connectivity index (χ2v) is 7.18. The maximum atomic E-state index is 12.5. The Bertz CT molecular complexity index is 907. The minimum Gasteiger partial charge on any atom is -0.372 e. The van der Waals surface area contributed by atoms with Gasteiger partial charge in [0.2, 0.25) is 5.91 Å². The molecule has 0 radical (unpaired) electrons. The van der Waals surface area contributed by atoms with Crippen molar-refractivity contribution in [3.63, 3.8) is 0 Å². The van der Waals surface area contributed by atoms with Crippen molar-refractivity contribution in [3.8, 4) is 5.69 Å². The molecule has 0 atom stereocenters. The number of aryl methyl sites for hydroxylation is 1. The van der Waals surface area contributed by atoms with Gasteiger partial charge in [0.1, 0.15) is 0 Å². The van der Waals surface area contributed by atoms with Gasteiger partial charge in [0.05, 0.1) is 6.42 Å². The smallest absolute Gasteiger partial charge is 0.228 e. The predicted molar refractivity (Wildman–Crippen MR) is 111 cm³/mol. The Morgan fingerprint density at radius 2 is 1.63 bits per heavy atom. The second-order valence-electron chi connectivity index (χ2n) is 7.18. The lowest BCUT2D eigenvalue weighted by atomic mass is 10.1. The normalized spacial score (nSPS) is 13.7. The van der Waals surface area contributed by atoms with Crippen LogP contribution in [0.25, 0.3) is 5.69 Å². The van der Waals surface area contributed by atoms with Crippen LogP contribution >= 0.6 is 0 Å². The highest BCUT2D eigenvalue weighted by Gasteiger charge is 2.14. The van der Waals surface area contributed by atoms with Crippen molar-refractivity contribution in [2.45, 2.75) is 26.2 Å². The van der Waals surface area contributed by atoms with E-state index >= 15 is 0 Å². The molecule has 2 aromatic carbocycles. The molecule has 4 rings (SSSR count). The van der Waals surface area contributed by atoms with Crippen LogP contribution in [0, 0.1) is 6.92 Å². The van der Waals surface area contributed by atoms with Gasteiger partial charge in [0, 0.05) is 42.5 Å². The number of nitrogens with zero attached hydrogens (tertiary/aromatic N) is 2. The van der Waals surface area contributed by atoms with Crippen LogP contribution in [0.1, 0.15) is 24.0 Å². The number of hydrogen-bond acceptors (Lipinski definition) is 2. The molecule has 1 N–H and O–H groups in total. The van der Waals surface area contributed by atoms with E-state index in [-0.39, 0.29) is 5.91 Å². The van der Waals surface area contributed by atoms with Crippen molar-refractivity contribution in [1.29, 1.82) is 0 Å². The molecule has 4 heteroatoms. The minimum absolute atomic E-state index is 0.0146. The lowest BCUT2D eigenvalue weighted by molar-refractivity contribution is -0.115. The van der Waals surface area contributed by atoms with E-state index in [2.05, 4.69) is 33.8 Å². The molecule has 2 heterocycles. The van der Waals surface area contributed by atoms with E-state index in [1.807, 2.05) is 54.9 Å². The zero-order valence-electron chi connectivity index (χ0n) is 15.7. The first-order valence-electron chi connectivity index (χ1n) is 9.57. The van der Waals surface area contributed by atoms with Crippen LogP contribution in [0.5, 0.6) is 0 Å². The minimum atomic E-state index is 0.0146. The Morgan fingerprint density at radius 1 is 0.963 bits per heavy atom. The molecular weight excluding hydrogens is 334 g/mol. The highest BCUT2D eigenvalue weighted by molar-refractivity contribution is 5.93. The SMILES string of the molecule is Cc1cc(N2CCCC2)ccc1NC(=O)Cc1ccc(-n2cccc2)cc1. The summed E-state index contributed by atoms with van der Waals surface area (Å²) in [6, 6.07) is 18.4. The molecule has 1 amide bonds. The van der Waals surface area contributed by atoms with Gasteiger partial charge in [-0.15, -0.1) is 0 Å². The lowest BCUT2D eigenvalue weighted by Gasteiger charge is -2.19. The third-order valence-corrected chi connectivity index (χ3v) is 5.16. The molecule has 0 unspecified atom stereocenters. The highest BCUT2D eigenvalue weighted by Crippen LogP contribution is 2.25. The molecule has 0 saturated carbocycles. The van der Waals surface area contributed by atoms with Crippen LogP contribution in [0.4, 0.5) is 11.4 Å². The molecule has 1 aromatic heterocycles. The number of carbonyl (C=O) groups excluding carboxylic acids is 1. The molecule has 0 aliphatic carbocycles. The van der Waals surface area contributed by atoms with Crippen molar-refractivity contribution in [2.75, 3.05) is 23.3 Å². The number of aromatic nitrogens is 1. The molecule has 1 fully saturated rings. The number of rotatable bonds is 5. The molecule has 3 aromatic rings. The van der Waals surface area contributed by atoms with E-state index in [0.29, 0.717) is 6.42 Å². The van der Waals surface area contributed by atoms with Crippen LogP contribution in [0.2, 0.25) is 0 Å². The van der Waals surface area contributed by atoms with Gasteiger partial charge in [-0.05, 0) is 73.4 Å². The highest BCUT2D eigenvalue weighted by atomic mass is 16.1. The van der Waals surface area contributed by atoms with E-state index in [1.165, 1.54) is 18.5 Å². The van der Waals surface area contributed by atoms with Crippen molar-refractivity contribution >= 4 is 17.3 Å². The summed E-state index contributed by atoms with van der Waals surface area (Å²) in [5, 5.41) is 3.06. The topological polar surface area (TPSA) is 37.3 Å². The third-order valence-electron chi connectivity index (χ3n) is 5.16. The Kier molecular flexibility index (Phi) is 4.97. The van der Waals surface area contributed by atoms with Gasteiger partial charge in [-0.25, -0.2) is 0 Å². The van der Waals surface area contributed by atoms with Gasteiger partial charge in [-0.3, -0.25) is 4.79 Å². The predicted octanol–water partition coefficient (Wildman–Crippen LogP) is 4.57. The van der Waals surface area contributed by atoms with Crippen LogP contribution < -0.4 is 10.2 Å². The maximum Gasteiger partial charge on any atom is 0.228 e. The molecular formula is C23H25N3O. The Labute approximate surface area is 160 Å². The van der Waals surface area contributed by atoms with E-state index in [9.17, 15) is 4.79 Å². The fourth-order valence-corrected chi connectivity index (χ4v) is 3.63. The number of amides is 1. The summed E-state index contributed by atoms with van der Waals surface area (Å²) in [5.41, 5.74) is 5.36. The van der Waals surface area contributed by atoms with Crippen LogP contribution in [0.15, 0.2) is 67.0 Å². The molecule has 0 spiro atoms. The second kappa shape index (κ2) is 7.70. The molecule has 1 aliphatic heterocycles. The van der Waals surface area contributed by atoms with Gasteiger partial charge >= 0.3 is 0 Å². The van der Waals surface area contributed by atoms with Crippen LogP contribution in [0.3, 0.4) is 0 Å². The number of anilines is 2. The number of carbonyl (C=O) groups is 1. The molecule has 1 aliphatic rings. The third kappa shape index (κ3) is 4.05. The lowest BCUT2D eigenvalue weighted by Crippen LogP contribution is -2.18. The average Bonchev–Trinajstić information content (AvgIpc) is 3.38. The van der Waals surface area contributed by atoms with E-state index in [0.717, 1.165) is 35.6 Å². The van der Waals surface area contributed by atoms with Crippen LogP contribution in [-0.2, 0) is 11.2 Å². The number of benzene rings is 2. The fraction of sp³-hybridized carbons (Fsp3) is 0.261. The summed E-state index contributed by atoms with van der Waals surface area (Å²) >= 11 is 0. The van der Waals surface area contributed by atoms with Crippen molar-refractivity contribution in [2.24, 2.45) is 0 Å². The first kappa shape index (κ1) is 17.4. The van der Waals surface area contributed by atoms with Crippen molar-refractivity contribution < 1.29 is 4.79 Å². The monoisotopic (exact) mass is 359 g/mol. The zero-order valence-corrected chi connectivity index (χ0v) is 15.7. The van der Waals surface area contributed by atoms with E-state index in [1.54, 1.807) is 0 Å². The van der Waals surface area contributed by atoms with Crippen LogP contribution in [-0.4, -0.2) is 23.6 Å². The average molecular weight is 359 g/mol. The first-order valence-corrected chi connectivity index (χ1v) is 9.57. The van der Waals surface area contributed by atoms with E-state index in [4.69, 9.17) is 0 Å². The van der Waals surface area contributed by atoms with Gasteiger partial charge in [0.25, 0.3) is 0 Å². The fourth-order valence-electron chi connectivity index (χ4n) is 3.63. The summed E-state index contributed by atoms with van der Waals surface area (Å²) in [5.74, 6) is 0.0146. The molecule has 1 saturated heterocycles. The summed E-state index contributed by atoms with van der Waals surface area (Å²) in [4.78, 5) is 14.9. The standard InChI is InChI=1S/C23H25N3O/c1-18-16-21(26-14-4-5-15-26)10-11-22(18)24-23(27)17-19-6-8-20(9-7-19)25-12-2-3-13-25/h2-3,6-13,16H,4-5,14-15,17H2,1H3,(H,24,27). The zero-order chi connectivity index (χ0) is 18.6. The Balaban J connectivity index is 1.39. The molecule has 27 heavy (non-hydrogen) atoms. The molecule has 0 bridgehead atoms. The maximum absolute atomic E-state index is 12.5. The summed E-state index contributed by atoms with van der Waals surface area (Å²) in [6.45, 7) is 4.31. The quantitative estimate of drug-likeness (QED) is 0.725. The summed E-state index contributed by atoms with van der Waals surface area (Å²) < 4.78 is 2.05. The molecule has 4 nitrogen and oxygen atoms in total. The van der Waals surface area contributed by atoms with Gasteiger partial charge in [0.15, 0.2) is 0 Å². The Hall–Kier alpha value is -3.01. The largest absolute Gasteiger partial charge is 0.372 e. The van der Waals surface area contributed by atoms with Crippen molar-refractivity contribution in [1.82, 2.24) is 4.57 Å². The van der Waals surface area contributed by atoms with Gasteiger partial charge < -0.3 is 14.8 Å². The summed E-state index contributed by atoms with van der Waals surface area (Å²) in [7, 11) is 0. The number of nitrogens with one attached hydrogen (secondary N) is 1.